The standard InChI is InChI=1S/C26H32N4O/c27-17-25(21-4-2-1-3-5-21)12-14-26(15-13-25,31-16-18-6-7-18)24-28-23(29-30-24)22(19-8-9-19)20-10-11-20/h1-5,18-20,22H,6-16H2,(H,28,29,30)/t25-,26+. The van der Waals surface area contributed by atoms with Gasteiger partial charge in [0.25, 0.3) is 0 Å². The van der Waals surface area contributed by atoms with Crippen LogP contribution in [-0.4, -0.2) is 21.8 Å². The summed E-state index contributed by atoms with van der Waals surface area (Å²) in [6.07, 6.45) is 11.1. The van der Waals surface area contributed by atoms with Gasteiger partial charge in [-0.1, -0.05) is 30.3 Å². The molecule has 0 saturated heterocycles. The van der Waals surface area contributed by atoms with Crippen molar-refractivity contribution in [3.05, 3.63) is 47.5 Å². The summed E-state index contributed by atoms with van der Waals surface area (Å²) in [7, 11) is 0. The number of rotatable bonds is 8. The minimum absolute atomic E-state index is 0.433. The lowest BCUT2D eigenvalue weighted by Gasteiger charge is -2.42. The minimum Gasteiger partial charge on any atom is -0.367 e. The van der Waals surface area contributed by atoms with Crippen LogP contribution in [-0.2, 0) is 15.8 Å². The number of benzene rings is 1. The van der Waals surface area contributed by atoms with Gasteiger partial charge in [0.2, 0.25) is 0 Å². The highest BCUT2D eigenvalue weighted by atomic mass is 16.5. The Bertz CT molecular complexity index is 945. The summed E-state index contributed by atoms with van der Waals surface area (Å²) >= 11 is 0. The molecule has 1 heterocycles. The first-order chi connectivity index (χ1) is 15.2. The molecule has 5 nitrogen and oxygen atoms in total. The van der Waals surface area contributed by atoms with Crippen LogP contribution in [0.15, 0.2) is 30.3 Å². The number of aromatic amines is 1. The molecule has 4 saturated carbocycles. The first kappa shape index (κ1) is 19.5. The van der Waals surface area contributed by atoms with E-state index in [1.807, 2.05) is 18.2 Å². The molecule has 162 valence electrons. The van der Waals surface area contributed by atoms with E-state index in [1.54, 1.807) is 0 Å². The molecule has 1 N–H and O–H groups in total. The number of nitrogens with zero attached hydrogens (tertiary/aromatic N) is 3. The molecule has 0 radical (unpaired) electrons. The summed E-state index contributed by atoms with van der Waals surface area (Å²) in [5.74, 6) is 4.79. The van der Waals surface area contributed by atoms with Crippen LogP contribution < -0.4 is 0 Å². The van der Waals surface area contributed by atoms with Gasteiger partial charge >= 0.3 is 0 Å². The molecule has 4 fully saturated rings. The third-order valence-corrected chi connectivity index (χ3v) is 8.23. The first-order valence-electron chi connectivity index (χ1n) is 12.2. The maximum absolute atomic E-state index is 10.1. The number of H-pyrrole nitrogens is 1. The zero-order valence-electron chi connectivity index (χ0n) is 18.2. The highest BCUT2D eigenvalue weighted by Gasteiger charge is 2.50. The van der Waals surface area contributed by atoms with E-state index in [4.69, 9.17) is 14.8 Å². The third-order valence-electron chi connectivity index (χ3n) is 8.23. The van der Waals surface area contributed by atoms with Crippen molar-refractivity contribution in [1.29, 1.82) is 5.26 Å². The fourth-order valence-electron chi connectivity index (χ4n) is 5.67. The Morgan fingerprint density at radius 3 is 2.26 bits per heavy atom. The van der Waals surface area contributed by atoms with Gasteiger partial charge < -0.3 is 4.74 Å². The lowest BCUT2D eigenvalue weighted by atomic mass is 9.65. The molecule has 5 heteroatoms. The molecule has 4 aliphatic rings. The van der Waals surface area contributed by atoms with Crippen LogP contribution in [0.1, 0.15) is 87.3 Å². The average Bonchev–Trinajstić information content (AvgIpc) is 3.67. The summed E-state index contributed by atoms with van der Waals surface area (Å²) < 4.78 is 6.65. The smallest absolute Gasteiger partial charge is 0.182 e. The number of hydrogen-bond donors (Lipinski definition) is 1. The van der Waals surface area contributed by atoms with Crippen LogP contribution in [0, 0.1) is 29.1 Å². The molecule has 6 rings (SSSR count). The van der Waals surface area contributed by atoms with E-state index >= 15 is 0 Å². The van der Waals surface area contributed by atoms with Crippen molar-refractivity contribution in [1.82, 2.24) is 15.2 Å². The zero-order valence-corrected chi connectivity index (χ0v) is 18.2. The molecule has 1 aromatic heterocycles. The lowest BCUT2D eigenvalue weighted by molar-refractivity contribution is -0.0937. The van der Waals surface area contributed by atoms with Crippen LogP contribution in [0.3, 0.4) is 0 Å². The van der Waals surface area contributed by atoms with Crippen molar-refractivity contribution >= 4 is 0 Å². The van der Waals surface area contributed by atoms with Gasteiger partial charge in [-0.05, 0) is 87.5 Å². The Morgan fingerprint density at radius 1 is 1.00 bits per heavy atom. The minimum atomic E-state index is -0.454. The molecule has 0 spiro atoms. The first-order valence-corrected chi connectivity index (χ1v) is 12.2. The molecule has 0 amide bonds. The molecular formula is C26H32N4O. The van der Waals surface area contributed by atoms with Crippen molar-refractivity contribution in [2.45, 2.75) is 81.1 Å². The third kappa shape index (κ3) is 3.69. The lowest BCUT2D eigenvalue weighted by Crippen LogP contribution is -2.42. The van der Waals surface area contributed by atoms with Crippen molar-refractivity contribution < 1.29 is 4.74 Å². The SMILES string of the molecule is N#C[C@]1(c2ccccc2)CC[C@](OCC2CC2)(c2n[nH]c(C(C3CC3)C3CC3)n2)CC1. The van der Waals surface area contributed by atoms with Gasteiger partial charge in [0.05, 0.1) is 18.1 Å². The van der Waals surface area contributed by atoms with Crippen molar-refractivity contribution in [2.75, 3.05) is 6.61 Å². The predicted octanol–water partition coefficient (Wildman–Crippen LogP) is 5.37. The van der Waals surface area contributed by atoms with Crippen LogP contribution in [0.25, 0.3) is 0 Å². The van der Waals surface area contributed by atoms with Crippen LogP contribution in [0.5, 0.6) is 0 Å². The molecule has 2 aromatic rings. The van der Waals surface area contributed by atoms with E-state index in [-0.39, 0.29) is 0 Å². The largest absolute Gasteiger partial charge is 0.367 e. The van der Waals surface area contributed by atoms with Gasteiger partial charge in [0.1, 0.15) is 11.4 Å². The number of ether oxygens (including phenoxy) is 1. The molecule has 1 aromatic carbocycles. The number of hydrogen-bond acceptors (Lipinski definition) is 4. The topological polar surface area (TPSA) is 74.6 Å². The van der Waals surface area contributed by atoms with E-state index in [1.165, 1.54) is 38.5 Å². The van der Waals surface area contributed by atoms with Crippen LogP contribution >= 0.6 is 0 Å². The van der Waals surface area contributed by atoms with Gasteiger partial charge in [0.15, 0.2) is 5.82 Å². The summed E-state index contributed by atoms with van der Waals surface area (Å²) in [5, 5.41) is 18.2. The number of nitriles is 1. The van der Waals surface area contributed by atoms with Crippen LogP contribution in [0.4, 0.5) is 0 Å². The maximum atomic E-state index is 10.1. The second kappa shape index (κ2) is 7.45. The van der Waals surface area contributed by atoms with Gasteiger partial charge in [-0.25, -0.2) is 4.98 Å². The molecule has 0 atom stereocenters. The average molecular weight is 417 g/mol. The van der Waals surface area contributed by atoms with Gasteiger partial charge in [0, 0.05) is 5.92 Å². The Kier molecular flexibility index (Phi) is 4.68. The number of nitrogens with one attached hydrogen (secondary N) is 1. The van der Waals surface area contributed by atoms with Gasteiger partial charge in [-0.2, -0.15) is 10.4 Å². The Balaban J connectivity index is 1.27. The van der Waals surface area contributed by atoms with Gasteiger partial charge in [-0.3, -0.25) is 5.10 Å². The second-order valence-corrected chi connectivity index (χ2v) is 10.6. The molecule has 0 unspecified atom stereocenters. The summed E-state index contributed by atoms with van der Waals surface area (Å²) in [5.41, 5.74) is 0.244. The Morgan fingerprint density at radius 2 is 1.68 bits per heavy atom. The van der Waals surface area contributed by atoms with E-state index in [9.17, 15) is 5.26 Å². The highest BCUT2D eigenvalue weighted by Crippen LogP contribution is 2.54. The van der Waals surface area contributed by atoms with Crippen LogP contribution in [0.2, 0.25) is 0 Å². The van der Waals surface area contributed by atoms with Crippen molar-refractivity contribution in [3.8, 4) is 6.07 Å². The highest BCUT2D eigenvalue weighted by molar-refractivity contribution is 5.34. The van der Waals surface area contributed by atoms with E-state index in [0.29, 0.717) is 11.8 Å². The van der Waals surface area contributed by atoms with E-state index < -0.39 is 11.0 Å². The normalized spacial score (nSPS) is 31.0. The fourth-order valence-corrected chi connectivity index (χ4v) is 5.67. The fraction of sp³-hybridized carbons (Fsp3) is 0.654. The zero-order chi connectivity index (χ0) is 20.9. The molecule has 0 aliphatic heterocycles. The van der Waals surface area contributed by atoms with E-state index in [0.717, 1.165) is 61.3 Å². The monoisotopic (exact) mass is 416 g/mol. The molecular weight excluding hydrogens is 384 g/mol. The van der Waals surface area contributed by atoms with Crippen molar-refractivity contribution in [2.24, 2.45) is 17.8 Å². The predicted molar refractivity (Wildman–Crippen MR) is 117 cm³/mol. The summed E-state index contributed by atoms with van der Waals surface area (Å²) in [6.45, 7) is 0.795. The Hall–Kier alpha value is -2.19. The van der Waals surface area contributed by atoms with E-state index in [2.05, 4.69) is 23.3 Å². The maximum Gasteiger partial charge on any atom is 0.182 e. The molecule has 0 bridgehead atoms. The molecule has 4 aliphatic carbocycles. The Labute approximate surface area is 184 Å². The number of aromatic nitrogens is 3. The van der Waals surface area contributed by atoms with Gasteiger partial charge in [-0.15, -0.1) is 0 Å². The van der Waals surface area contributed by atoms with Crippen molar-refractivity contribution in [3.63, 3.8) is 0 Å². The molecule has 31 heavy (non-hydrogen) atoms. The summed E-state index contributed by atoms with van der Waals surface area (Å²) in [4.78, 5) is 5.10. The second-order valence-electron chi connectivity index (χ2n) is 10.6. The quantitative estimate of drug-likeness (QED) is 0.628. The summed E-state index contributed by atoms with van der Waals surface area (Å²) in [6, 6.07) is 13.0.